The first-order valence-corrected chi connectivity index (χ1v) is 7.10. The number of ether oxygens (including phenoxy) is 1. The highest BCUT2D eigenvalue weighted by Gasteiger charge is 2.16. The molecule has 120 valence electrons. The third-order valence-corrected chi connectivity index (χ3v) is 2.74. The Bertz CT molecular complexity index is 545. The number of rotatable bonds is 6. The van der Waals surface area contributed by atoms with Crippen molar-refractivity contribution in [3.63, 3.8) is 0 Å². The number of anilines is 1. The van der Waals surface area contributed by atoms with Crippen molar-refractivity contribution in [2.24, 2.45) is 0 Å². The number of carbonyl (C=O) groups excluding carboxylic acids is 3. The largest absolute Gasteiger partial charge is 0.450 e. The molecular weight excluding hydrogens is 286 g/mol. The number of benzene rings is 1. The maximum atomic E-state index is 12.1. The molecule has 1 rings (SSSR count). The second-order valence-corrected chi connectivity index (χ2v) is 4.52. The molecule has 0 bridgehead atoms. The van der Waals surface area contributed by atoms with Crippen LogP contribution >= 0.6 is 0 Å². The first kappa shape index (κ1) is 17.5. The Hall–Kier alpha value is -2.57. The van der Waals surface area contributed by atoms with Gasteiger partial charge in [-0.25, -0.2) is 4.79 Å². The van der Waals surface area contributed by atoms with Crippen LogP contribution in [0.25, 0.3) is 0 Å². The predicted molar refractivity (Wildman–Crippen MR) is 82.7 cm³/mol. The van der Waals surface area contributed by atoms with E-state index in [1.54, 1.807) is 39.0 Å². The van der Waals surface area contributed by atoms with E-state index in [9.17, 15) is 14.4 Å². The van der Waals surface area contributed by atoms with Crippen molar-refractivity contribution in [2.45, 2.75) is 26.8 Å². The SMILES string of the molecule is CCNC(=O)[C@H](C)NC(=O)c1cccc(NC(=O)OCC)c1. The Labute approximate surface area is 129 Å². The Kier molecular flexibility index (Phi) is 6.88. The van der Waals surface area contributed by atoms with Crippen molar-refractivity contribution in [1.82, 2.24) is 10.6 Å². The normalized spacial score (nSPS) is 11.2. The lowest BCUT2D eigenvalue weighted by molar-refractivity contribution is -0.122. The van der Waals surface area contributed by atoms with Crippen LogP contribution in [0.4, 0.5) is 10.5 Å². The summed E-state index contributed by atoms with van der Waals surface area (Å²) in [5.41, 5.74) is 0.780. The van der Waals surface area contributed by atoms with Crippen molar-refractivity contribution in [2.75, 3.05) is 18.5 Å². The summed E-state index contributed by atoms with van der Waals surface area (Å²) < 4.78 is 4.77. The summed E-state index contributed by atoms with van der Waals surface area (Å²) >= 11 is 0. The van der Waals surface area contributed by atoms with Crippen LogP contribution < -0.4 is 16.0 Å². The van der Waals surface area contributed by atoms with Gasteiger partial charge in [0.05, 0.1) is 6.61 Å². The van der Waals surface area contributed by atoms with E-state index >= 15 is 0 Å². The Morgan fingerprint density at radius 2 is 1.95 bits per heavy atom. The molecule has 0 aromatic heterocycles. The zero-order chi connectivity index (χ0) is 16.5. The van der Waals surface area contributed by atoms with Crippen molar-refractivity contribution in [3.05, 3.63) is 29.8 Å². The first-order valence-electron chi connectivity index (χ1n) is 7.10. The Morgan fingerprint density at radius 3 is 2.59 bits per heavy atom. The fourth-order valence-corrected chi connectivity index (χ4v) is 1.70. The molecule has 0 spiro atoms. The van der Waals surface area contributed by atoms with E-state index < -0.39 is 18.0 Å². The van der Waals surface area contributed by atoms with Gasteiger partial charge in [0.1, 0.15) is 6.04 Å². The highest BCUT2D eigenvalue weighted by atomic mass is 16.5. The molecule has 3 N–H and O–H groups in total. The molecule has 0 heterocycles. The minimum Gasteiger partial charge on any atom is -0.450 e. The van der Waals surface area contributed by atoms with E-state index in [-0.39, 0.29) is 12.5 Å². The topological polar surface area (TPSA) is 96.5 Å². The predicted octanol–water partition coefficient (Wildman–Crippen LogP) is 1.51. The summed E-state index contributed by atoms with van der Waals surface area (Å²) in [5, 5.41) is 7.73. The summed E-state index contributed by atoms with van der Waals surface area (Å²) in [6.07, 6.45) is -0.587. The molecule has 0 aliphatic rings. The minimum atomic E-state index is -0.644. The van der Waals surface area contributed by atoms with Gasteiger partial charge in [0, 0.05) is 17.8 Å². The van der Waals surface area contributed by atoms with Crippen LogP contribution in [-0.4, -0.2) is 37.1 Å². The maximum absolute atomic E-state index is 12.1. The lowest BCUT2D eigenvalue weighted by atomic mass is 10.1. The van der Waals surface area contributed by atoms with Gasteiger partial charge < -0.3 is 15.4 Å². The van der Waals surface area contributed by atoms with Gasteiger partial charge in [-0.1, -0.05) is 6.07 Å². The van der Waals surface area contributed by atoms with Crippen LogP contribution in [0.5, 0.6) is 0 Å². The molecule has 0 saturated heterocycles. The van der Waals surface area contributed by atoms with Gasteiger partial charge in [0.25, 0.3) is 5.91 Å². The summed E-state index contributed by atoms with van der Waals surface area (Å²) in [6, 6.07) is 5.73. The van der Waals surface area contributed by atoms with E-state index in [1.165, 1.54) is 6.07 Å². The van der Waals surface area contributed by atoms with Gasteiger partial charge in [-0.2, -0.15) is 0 Å². The van der Waals surface area contributed by atoms with Gasteiger partial charge in [-0.3, -0.25) is 14.9 Å². The van der Waals surface area contributed by atoms with E-state index in [1.807, 2.05) is 0 Å². The Morgan fingerprint density at radius 1 is 1.23 bits per heavy atom. The molecule has 0 radical (unpaired) electrons. The van der Waals surface area contributed by atoms with Crippen molar-refractivity contribution in [1.29, 1.82) is 0 Å². The summed E-state index contributed by atoms with van der Waals surface area (Å²) in [5.74, 6) is -0.650. The number of amides is 3. The van der Waals surface area contributed by atoms with E-state index in [0.29, 0.717) is 17.8 Å². The van der Waals surface area contributed by atoms with Crippen LogP contribution in [0.1, 0.15) is 31.1 Å². The molecule has 0 saturated carbocycles. The summed E-state index contributed by atoms with van der Waals surface area (Å²) in [7, 11) is 0. The zero-order valence-corrected chi connectivity index (χ0v) is 12.9. The second kappa shape index (κ2) is 8.66. The quantitative estimate of drug-likeness (QED) is 0.742. The van der Waals surface area contributed by atoms with Crippen molar-refractivity contribution < 1.29 is 19.1 Å². The maximum Gasteiger partial charge on any atom is 0.411 e. The molecule has 7 nitrogen and oxygen atoms in total. The van der Waals surface area contributed by atoms with Gasteiger partial charge in [0.15, 0.2) is 0 Å². The van der Waals surface area contributed by atoms with Crippen LogP contribution in [0.2, 0.25) is 0 Å². The minimum absolute atomic E-state index is 0.253. The van der Waals surface area contributed by atoms with Crippen LogP contribution in [0.15, 0.2) is 24.3 Å². The lowest BCUT2D eigenvalue weighted by Crippen LogP contribution is -2.44. The number of hydrogen-bond donors (Lipinski definition) is 3. The fourth-order valence-electron chi connectivity index (χ4n) is 1.70. The van der Waals surface area contributed by atoms with Gasteiger partial charge >= 0.3 is 6.09 Å². The highest BCUT2D eigenvalue weighted by Crippen LogP contribution is 2.11. The van der Waals surface area contributed by atoms with Gasteiger partial charge in [-0.05, 0) is 39.0 Å². The highest BCUT2D eigenvalue weighted by molar-refractivity contribution is 5.98. The van der Waals surface area contributed by atoms with Gasteiger partial charge in [0.2, 0.25) is 5.91 Å². The molecule has 1 aromatic carbocycles. The molecule has 0 aliphatic heterocycles. The molecule has 1 atom stereocenters. The standard InChI is InChI=1S/C15H21N3O4/c1-4-16-13(19)10(3)17-14(20)11-7-6-8-12(9-11)18-15(21)22-5-2/h6-10H,4-5H2,1-3H3,(H,16,19)(H,17,20)(H,18,21)/t10-/m0/s1. The molecule has 7 heteroatoms. The molecule has 0 aliphatic carbocycles. The molecule has 3 amide bonds. The smallest absolute Gasteiger partial charge is 0.411 e. The summed E-state index contributed by atoms with van der Waals surface area (Å²) in [6.45, 7) is 5.86. The zero-order valence-electron chi connectivity index (χ0n) is 12.9. The summed E-state index contributed by atoms with van der Waals surface area (Å²) in [4.78, 5) is 35.0. The van der Waals surface area contributed by atoms with E-state index in [0.717, 1.165) is 0 Å². The molecular formula is C15H21N3O4. The Balaban J connectivity index is 2.70. The molecule has 1 aromatic rings. The fraction of sp³-hybridized carbons (Fsp3) is 0.400. The molecule has 0 fully saturated rings. The van der Waals surface area contributed by atoms with Crippen molar-refractivity contribution >= 4 is 23.6 Å². The number of nitrogens with one attached hydrogen (secondary N) is 3. The van der Waals surface area contributed by atoms with E-state index in [2.05, 4.69) is 16.0 Å². The lowest BCUT2D eigenvalue weighted by Gasteiger charge is -2.14. The van der Waals surface area contributed by atoms with E-state index in [4.69, 9.17) is 4.74 Å². The van der Waals surface area contributed by atoms with Crippen LogP contribution in [-0.2, 0) is 9.53 Å². The van der Waals surface area contributed by atoms with Gasteiger partial charge in [-0.15, -0.1) is 0 Å². The number of carbonyl (C=O) groups is 3. The monoisotopic (exact) mass is 307 g/mol. The molecule has 22 heavy (non-hydrogen) atoms. The van der Waals surface area contributed by atoms with Crippen molar-refractivity contribution in [3.8, 4) is 0 Å². The average molecular weight is 307 g/mol. The first-order chi connectivity index (χ1) is 10.5. The third-order valence-electron chi connectivity index (χ3n) is 2.74. The van der Waals surface area contributed by atoms with Crippen LogP contribution in [0.3, 0.4) is 0 Å². The average Bonchev–Trinajstić information content (AvgIpc) is 2.47. The molecule has 0 unspecified atom stereocenters. The second-order valence-electron chi connectivity index (χ2n) is 4.52. The number of likely N-dealkylation sites (N-methyl/N-ethyl adjacent to an activating group) is 1. The third kappa shape index (κ3) is 5.43. The van der Waals surface area contributed by atoms with Crippen LogP contribution in [0, 0.1) is 0 Å². The number of hydrogen-bond acceptors (Lipinski definition) is 4.